The molecule has 0 saturated carbocycles. The van der Waals surface area contributed by atoms with E-state index >= 15 is 0 Å². The maximum absolute atomic E-state index is 12.5. The first kappa shape index (κ1) is 16.2. The van der Waals surface area contributed by atoms with Crippen molar-refractivity contribution in [3.63, 3.8) is 0 Å². The van der Waals surface area contributed by atoms with Gasteiger partial charge in [0, 0.05) is 31.0 Å². The summed E-state index contributed by atoms with van der Waals surface area (Å²) in [5.41, 5.74) is 0. The Morgan fingerprint density at radius 3 is 2.95 bits per heavy atom. The first-order chi connectivity index (χ1) is 9.54. The zero-order chi connectivity index (χ0) is 14.6. The van der Waals surface area contributed by atoms with Gasteiger partial charge in [0.2, 0.25) is 0 Å². The largest absolute Gasteiger partial charge is 0.381 e. The summed E-state index contributed by atoms with van der Waals surface area (Å²) in [6.45, 7) is 1.96. The van der Waals surface area contributed by atoms with Gasteiger partial charge >= 0.3 is 0 Å². The molecule has 0 aliphatic carbocycles. The van der Waals surface area contributed by atoms with Crippen LogP contribution in [-0.2, 0) is 21.2 Å². The van der Waals surface area contributed by atoms with Crippen LogP contribution in [0.5, 0.6) is 0 Å². The lowest BCUT2D eigenvalue weighted by molar-refractivity contribution is 0.0495. The lowest BCUT2D eigenvalue weighted by Crippen LogP contribution is -2.34. The molecule has 0 spiro atoms. The number of hydrogen-bond acceptors (Lipinski definition) is 4. The number of sulfonamides is 1. The van der Waals surface area contributed by atoms with E-state index in [1.165, 1.54) is 15.6 Å². The van der Waals surface area contributed by atoms with Crippen LogP contribution in [0.1, 0.15) is 17.7 Å². The van der Waals surface area contributed by atoms with E-state index in [1.807, 2.05) is 6.07 Å². The number of halogens is 1. The minimum Gasteiger partial charge on any atom is -0.381 e. The van der Waals surface area contributed by atoms with Gasteiger partial charge in [-0.15, -0.1) is 22.9 Å². The fourth-order valence-electron chi connectivity index (χ4n) is 2.29. The highest BCUT2D eigenvalue weighted by molar-refractivity contribution is 7.91. The molecule has 1 aromatic heterocycles. The number of aryl methyl sites for hydroxylation is 1. The highest BCUT2D eigenvalue weighted by Crippen LogP contribution is 2.26. The lowest BCUT2D eigenvalue weighted by Gasteiger charge is -2.26. The van der Waals surface area contributed by atoms with Gasteiger partial charge in [0.05, 0.1) is 6.61 Å². The molecule has 1 aromatic rings. The SMILES string of the molecule is CN(CC1CCCOC1)S(=O)(=O)c1ccc(CCCl)s1. The van der Waals surface area contributed by atoms with Crippen LogP contribution in [0.2, 0.25) is 0 Å². The number of thiophene rings is 1. The molecule has 0 radical (unpaired) electrons. The third-order valence-electron chi connectivity index (χ3n) is 3.41. The van der Waals surface area contributed by atoms with Gasteiger partial charge in [-0.05, 0) is 37.3 Å². The van der Waals surface area contributed by atoms with Gasteiger partial charge in [0.1, 0.15) is 4.21 Å². The second kappa shape index (κ2) is 7.22. The molecule has 2 rings (SSSR count). The Balaban J connectivity index is 2.03. The van der Waals surface area contributed by atoms with Crippen LogP contribution in [0.4, 0.5) is 0 Å². The molecule has 0 bridgehead atoms. The monoisotopic (exact) mass is 337 g/mol. The van der Waals surface area contributed by atoms with Crippen molar-refractivity contribution in [2.45, 2.75) is 23.5 Å². The van der Waals surface area contributed by atoms with Crippen molar-refractivity contribution >= 4 is 33.0 Å². The quantitative estimate of drug-likeness (QED) is 0.749. The predicted octanol–water partition coefficient (Wildman–Crippen LogP) is 2.58. The zero-order valence-electron chi connectivity index (χ0n) is 11.5. The fourth-order valence-corrected chi connectivity index (χ4v) is 5.42. The molecule has 4 nitrogen and oxygen atoms in total. The van der Waals surface area contributed by atoms with Crippen molar-refractivity contribution < 1.29 is 13.2 Å². The van der Waals surface area contributed by atoms with Gasteiger partial charge in [-0.1, -0.05) is 0 Å². The molecule has 114 valence electrons. The van der Waals surface area contributed by atoms with E-state index in [0.717, 1.165) is 24.3 Å². The zero-order valence-corrected chi connectivity index (χ0v) is 13.9. The first-order valence-corrected chi connectivity index (χ1v) is 9.52. The third kappa shape index (κ3) is 3.95. The van der Waals surface area contributed by atoms with Gasteiger partial charge in [0.15, 0.2) is 0 Å². The summed E-state index contributed by atoms with van der Waals surface area (Å²) in [5, 5.41) is 0. The van der Waals surface area contributed by atoms with Crippen LogP contribution in [0.25, 0.3) is 0 Å². The minimum atomic E-state index is -3.38. The number of alkyl halides is 1. The molecule has 1 fully saturated rings. The molecule has 1 unspecified atom stereocenters. The van der Waals surface area contributed by atoms with Crippen molar-refractivity contribution in [3.8, 4) is 0 Å². The third-order valence-corrected chi connectivity index (χ3v) is 7.04. The summed E-state index contributed by atoms with van der Waals surface area (Å²) >= 11 is 6.99. The van der Waals surface area contributed by atoms with E-state index in [-0.39, 0.29) is 0 Å². The average molecular weight is 338 g/mol. The van der Waals surface area contributed by atoms with E-state index in [0.29, 0.717) is 35.6 Å². The molecule has 1 aliphatic heterocycles. The van der Waals surface area contributed by atoms with Crippen molar-refractivity contribution in [3.05, 3.63) is 17.0 Å². The topological polar surface area (TPSA) is 46.6 Å². The maximum Gasteiger partial charge on any atom is 0.252 e. The lowest BCUT2D eigenvalue weighted by atomic mass is 10.0. The number of hydrogen-bond donors (Lipinski definition) is 0. The Kier molecular flexibility index (Phi) is 5.86. The van der Waals surface area contributed by atoms with Crippen LogP contribution in [0.3, 0.4) is 0 Å². The van der Waals surface area contributed by atoms with Crippen molar-refractivity contribution in [2.75, 3.05) is 32.7 Å². The molecule has 20 heavy (non-hydrogen) atoms. The number of nitrogens with zero attached hydrogens (tertiary/aromatic N) is 1. The van der Waals surface area contributed by atoms with Crippen LogP contribution in [0.15, 0.2) is 16.3 Å². The maximum atomic E-state index is 12.5. The normalized spacial score (nSPS) is 20.4. The van der Waals surface area contributed by atoms with Gasteiger partial charge in [0.25, 0.3) is 10.0 Å². The van der Waals surface area contributed by atoms with Gasteiger partial charge in [-0.25, -0.2) is 8.42 Å². The van der Waals surface area contributed by atoms with Crippen molar-refractivity contribution in [2.24, 2.45) is 5.92 Å². The predicted molar refractivity (Wildman–Crippen MR) is 82.1 cm³/mol. The molecule has 1 atom stereocenters. The molecule has 0 amide bonds. The van der Waals surface area contributed by atoms with Crippen LogP contribution in [0, 0.1) is 5.92 Å². The molecule has 1 saturated heterocycles. The molecule has 0 N–H and O–H groups in total. The number of ether oxygens (including phenoxy) is 1. The average Bonchev–Trinajstić information content (AvgIpc) is 2.89. The van der Waals surface area contributed by atoms with Crippen molar-refractivity contribution in [1.82, 2.24) is 4.31 Å². The van der Waals surface area contributed by atoms with Crippen molar-refractivity contribution in [1.29, 1.82) is 0 Å². The molecule has 7 heteroatoms. The Hall–Kier alpha value is -0.140. The summed E-state index contributed by atoms with van der Waals surface area (Å²) in [6, 6.07) is 3.52. The van der Waals surface area contributed by atoms with E-state index in [2.05, 4.69) is 0 Å². The van der Waals surface area contributed by atoms with E-state index < -0.39 is 10.0 Å². The molecule has 2 heterocycles. The van der Waals surface area contributed by atoms with Crippen LogP contribution in [-0.4, -0.2) is 45.4 Å². The summed E-state index contributed by atoms with van der Waals surface area (Å²) in [7, 11) is -1.74. The summed E-state index contributed by atoms with van der Waals surface area (Å²) in [4.78, 5) is 1.01. The van der Waals surface area contributed by atoms with E-state index in [4.69, 9.17) is 16.3 Å². The Bertz CT molecular complexity index is 523. The Morgan fingerprint density at radius 2 is 2.30 bits per heavy atom. The molecular formula is C13H20ClNO3S2. The minimum absolute atomic E-state index is 0.297. The summed E-state index contributed by atoms with van der Waals surface area (Å²) in [6.07, 6.45) is 2.75. The Labute approximate surface area is 129 Å². The fraction of sp³-hybridized carbons (Fsp3) is 0.692. The second-order valence-electron chi connectivity index (χ2n) is 5.03. The highest BCUT2D eigenvalue weighted by Gasteiger charge is 2.26. The van der Waals surface area contributed by atoms with E-state index in [1.54, 1.807) is 13.1 Å². The number of rotatable bonds is 6. The molecule has 0 aromatic carbocycles. The molecular weight excluding hydrogens is 318 g/mol. The first-order valence-electron chi connectivity index (χ1n) is 6.73. The van der Waals surface area contributed by atoms with Gasteiger partial charge in [-0.2, -0.15) is 4.31 Å². The van der Waals surface area contributed by atoms with Gasteiger partial charge in [-0.3, -0.25) is 0 Å². The van der Waals surface area contributed by atoms with Crippen LogP contribution < -0.4 is 0 Å². The highest BCUT2D eigenvalue weighted by atomic mass is 35.5. The summed E-state index contributed by atoms with van der Waals surface area (Å²) < 4.78 is 32.2. The van der Waals surface area contributed by atoms with Gasteiger partial charge < -0.3 is 4.74 Å². The smallest absolute Gasteiger partial charge is 0.252 e. The molecule has 1 aliphatic rings. The summed E-state index contributed by atoms with van der Waals surface area (Å²) in [5.74, 6) is 0.806. The Morgan fingerprint density at radius 1 is 1.50 bits per heavy atom. The second-order valence-corrected chi connectivity index (χ2v) is 8.85. The van der Waals surface area contributed by atoms with E-state index in [9.17, 15) is 8.42 Å². The van der Waals surface area contributed by atoms with Crippen LogP contribution >= 0.6 is 22.9 Å². The standard InChI is InChI=1S/C13H20ClNO3S2/c1-15(9-11-3-2-8-18-10-11)20(16,17)13-5-4-12(19-13)6-7-14/h4-5,11H,2-3,6-10H2,1H3.